The standard InChI is InChI=1S/C18H18N2O2/c21-18-16-15(12-9-5-2-6-10-12)20(16)17(22-18)14-13(19-14)11-7-3-1-4-8-11/h1-10,13-19,21H/t13-,14+,15-,16-,17-,18-,20?/m1/s1. The van der Waals surface area contributed by atoms with Crippen molar-refractivity contribution in [3.05, 3.63) is 71.8 Å². The molecule has 1 unspecified atom stereocenters. The van der Waals surface area contributed by atoms with Gasteiger partial charge in [0.15, 0.2) is 6.29 Å². The molecule has 3 saturated heterocycles. The molecule has 112 valence electrons. The monoisotopic (exact) mass is 294 g/mol. The van der Waals surface area contributed by atoms with Gasteiger partial charge in [0.25, 0.3) is 0 Å². The van der Waals surface area contributed by atoms with Crippen molar-refractivity contribution in [1.29, 1.82) is 0 Å². The topological polar surface area (TPSA) is 54.4 Å². The summed E-state index contributed by atoms with van der Waals surface area (Å²) in [5.74, 6) is 0. The van der Waals surface area contributed by atoms with E-state index in [0.717, 1.165) is 0 Å². The van der Waals surface area contributed by atoms with Gasteiger partial charge in [0, 0.05) is 0 Å². The van der Waals surface area contributed by atoms with Gasteiger partial charge in [0.2, 0.25) is 0 Å². The molecule has 0 saturated carbocycles. The van der Waals surface area contributed by atoms with Gasteiger partial charge in [-0.25, -0.2) is 0 Å². The van der Waals surface area contributed by atoms with Gasteiger partial charge >= 0.3 is 0 Å². The number of aliphatic hydroxyl groups is 1. The number of benzene rings is 2. The number of aliphatic hydroxyl groups excluding tert-OH is 1. The molecular formula is C18H18N2O2. The maximum absolute atomic E-state index is 10.2. The molecule has 4 heteroatoms. The van der Waals surface area contributed by atoms with Crippen LogP contribution < -0.4 is 5.32 Å². The summed E-state index contributed by atoms with van der Waals surface area (Å²) in [5, 5.41) is 13.7. The summed E-state index contributed by atoms with van der Waals surface area (Å²) in [5.41, 5.74) is 2.55. The first-order valence-corrected chi connectivity index (χ1v) is 7.81. The van der Waals surface area contributed by atoms with Gasteiger partial charge in [-0.2, -0.15) is 0 Å². The van der Waals surface area contributed by atoms with Crippen LogP contribution in [0.1, 0.15) is 23.2 Å². The van der Waals surface area contributed by atoms with Gasteiger partial charge in [-0.3, -0.25) is 4.90 Å². The molecule has 2 N–H and O–H groups in total. The SMILES string of the molecule is O[C@@H]1O[C@H]([C@H]2N[C@@H]2c2ccccc2)N2[C@@H]1[C@H]2c1ccccc1. The second kappa shape index (κ2) is 4.64. The molecule has 0 radical (unpaired) electrons. The van der Waals surface area contributed by atoms with E-state index in [4.69, 9.17) is 4.74 Å². The van der Waals surface area contributed by atoms with Gasteiger partial charge < -0.3 is 15.2 Å². The van der Waals surface area contributed by atoms with E-state index in [1.807, 2.05) is 12.1 Å². The molecule has 3 aliphatic heterocycles. The normalized spacial score (nSPS) is 42.0. The summed E-state index contributed by atoms with van der Waals surface area (Å²) in [4.78, 5) is 2.29. The molecule has 3 heterocycles. The zero-order chi connectivity index (χ0) is 14.7. The Morgan fingerprint density at radius 3 is 2.23 bits per heavy atom. The minimum Gasteiger partial charge on any atom is -0.366 e. The summed E-state index contributed by atoms with van der Waals surface area (Å²) >= 11 is 0. The first-order valence-electron chi connectivity index (χ1n) is 7.81. The van der Waals surface area contributed by atoms with Crippen LogP contribution in [-0.4, -0.2) is 34.6 Å². The van der Waals surface area contributed by atoms with Crippen molar-refractivity contribution in [3.63, 3.8) is 0 Å². The van der Waals surface area contributed by atoms with Crippen molar-refractivity contribution in [2.75, 3.05) is 0 Å². The number of nitrogens with one attached hydrogen (secondary N) is 1. The average molecular weight is 294 g/mol. The molecule has 22 heavy (non-hydrogen) atoms. The first-order chi connectivity index (χ1) is 10.8. The lowest BCUT2D eigenvalue weighted by Crippen LogP contribution is -2.29. The van der Waals surface area contributed by atoms with Gasteiger partial charge in [-0.05, 0) is 11.1 Å². The van der Waals surface area contributed by atoms with E-state index in [9.17, 15) is 5.11 Å². The number of nitrogens with zero attached hydrogens (tertiary/aromatic N) is 1. The predicted octanol–water partition coefficient (Wildman–Crippen LogP) is 1.80. The van der Waals surface area contributed by atoms with E-state index in [0.29, 0.717) is 6.04 Å². The fraction of sp³-hybridized carbons (Fsp3) is 0.333. The highest BCUT2D eigenvalue weighted by molar-refractivity contribution is 5.33. The van der Waals surface area contributed by atoms with E-state index >= 15 is 0 Å². The van der Waals surface area contributed by atoms with Crippen LogP contribution in [0.4, 0.5) is 0 Å². The van der Waals surface area contributed by atoms with Crippen LogP contribution in [0, 0.1) is 0 Å². The molecule has 5 rings (SSSR count). The largest absolute Gasteiger partial charge is 0.366 e. The zero-order valence-electron chi connectivity index (χ0n) is 12.0. The highest BCUT2D eigenvalue weighted by Gasteiger charge is 2.66. The predicted molar refractivity (Wildman–Crippen MR) is 81.8 cm³/mol. The number of ether oxygens (including phenoxy) is 1. The Labute approximate surface area is 129 Å². The molecule has 0 spiro atoms. The van der Waals surface area contributed by atoms with Gasteiger partial charge in [-0.1, -0.05) is 60.7 Å². The molecule has 7 atom stereocenters. The highest BCUT2D eigenvalue weighted by atomic mass is 16.6. The summed E-state index contributed by atoms with van der Waals surface area (Å²) in [7, 11) is 0. The minimum absolute atomic E-state index is 0.0459. The van der Waals surface area contributed by atoms with Crippen LogP contribution in [0.15, 0.2) is 60.7 Å². The lowest BCUT2D eigenvalue weighted by molar-refractivity contribution is -0.118. The number of hydrogen-bond acceptors (Lipinski definition) is 4. The summed E-state index contributed by atoms with van der Waals surface area (Å²) in [6, 6.07) is 21.8. The molecule has 0 bridgehead atoms. The molecule has 0 aliphatic carbocycles. The lowest BCUT2D eigenvalue weighted by Gasteiger charge is -2.17. The molecule has 4 nitrogen and oxygen atoms in total. The molecule has 0 amide bonds. The van der Waals surface area contributed by atoms with Crippen molar-refractivity contribution in [3.8, 4) is 0 Å². The molecule has 3 aliphatic rings. The van der Waals surface area contributed by atoms with Crippen molar-refractivity contribution < 1.29 is 9.84 Å². The third-order valence-corrected chi connectivity index (χ3v) is 4.99. The van der Waals surface area contributed by atoms with Crippen molar-refractivity contribution in [2.45, 2.75) is 36.7 Å². The second-order valence-electron chi connectivity index (χ2n) is 6.29. The second-order valence-corrected chi connectivity index (χ2v) is 6.29. The minimum atomic E-state index is -0.686. The molecule has 3 fully saturated rings. The summed E-state index contributed by atoms with van der Waals surface area (Å²) in [6.07, 6.45) is -0.732. The Morgan fingerprint density at radius 2 is 1.55 bits per heavy atom. The molecule has 2 aromatic rings. The fourth-order valence-corrected chi connectivity index (χ4v) is 3.84. The average Bonchev–Trinajstić information content (AvgIpc) is 3.47. The Balaban J connectivity index is 1.35. The Kier molecular flexibility index (Phi) is 2.69. The van der Waals surface area contributed by atoms with Crippen LogP contribution in [-0.2, 0) is 4.74 Å². The van der Waals surface area contributed by atoms with Gasteiger partial charge in [-0.15, -0.1) is 0 Å². The Bertz CT molecular complexity index is 678. The third-order valence-electron chi connectivity index (χ3n) is 4.99. The summed E-state index contributed by atoms with van der Waals surface area (Å²) in [6.45, 7) is 0. The van der Waals surface area contributed by atoms with E-state index in [2.05, 4.69) is 58.7 Å². The van der Waals surface area contributed by atoms with Crippen LogP contribution in [0.5, 0.6) is 0 Å². The lowest BCUT2D eigenvalue weighted by atomic mass is 10.1. The van der Waals surface area contributed by atoms with E-state index in [-0.39, 0.29) is 24.4 Å². The number of rotatable bonds is 3. The maximum Gasteiger partial charge on any atom is 0.174 e. The Morgan fingerprint density at radius 1 is 0.909 bits per heavy atom. The van der Waals surface area contributed by atoms with Gasteiger partial charge in [0.05, 0.1) is 24.2 Å². The zero-order valence-corrected chi connectivity index (χ0v) is 12.0. The molecule has 2 aromatic carbocycles. The van der Waals surface area contributed by atoms with Crippen LogP contribution in [0.3, 0.4) is 0 Å². The van der Waals surface area contributed by atoms with Crippen LogP contribution in [0.2, 0.25) is 0 Å². The van der Waals surface area contributed by atoms with E-state index in [1.165, 1.54) is 11.1 Å². The van der Waals surface area contributed by atoms with Gasteiger partial charge in [0.1, 0.15) is 6.23 Å². The van der Waals surface area contributed by atoms with E-state index < -0.39 is 6.29 Å². The highest BCUT2D eigenvalue weighted by Crippen LogP contribution is 2.55. The number of hydrogen-bond donors (Lipinski definition) is 2. The summed E-state index contributed by atoms with van der Waals surface area (Å²) < 4.78 is 5.77. The smallest absolute Gasteiger partial charge is 0.174 e. The van der Waals surface area contributed by atoms with Crippen molar-refractivity contribution >= 4 is 0 Å². The fourth-order valence-electron chi connectivity index (χ4n) is 3.84. The number of fused-ring (bicyclic) bond motifs is 1. The van der Waals surface area contributed by atoms with Crippen LogP contribution in [0.25, 0.3) is 0 Å². The van der Waals surface area contributed by atoms with Crippen molar-refractivity contribution in [2.24, 2.45) is 0 Å². The van der Waals surface area contributed by atoms with E-state index in [1.54, 1.807) is 0 Å². The molecule has 0 aromatic heterocycles. The maximum atomic E-state index is 10.2. The quantitative estimate of drug-likeness (QED) is 0.848. The van der Waals surface area contributed by atoms with Crippen molar-refractivity contribution in [1.82, 2.24) is 10.2 Å². The first kappa shape index (κ1) is 12.8. The third kappa shape index (κ3) is 1.85. The van der Waals surface area contributed by atoms with Crippen LogP contribution >= 0.6 is 0 Å². The molecular weight excluding hydrogens is 276 g/mol. The Hall–Kier alpha value is -1.72.